The fourth-order valence-electron chi connectivity index (χ4n) is 2.07. The molecule has 0 aliphatic rings. The van der Waals surface area contributed by atoms with Gasteiger partial charge >= 0.3 is 0 Å². The molecule has 2 aromatic rings. The quantitative estimate of drug-likeness (QED) is 0.673. The van der Waals surface area contributed by atoms with Gasteiger partial charge in [0.15, 0.2) is 0 Å². The maximum atomic E-state index is 5.67. The number of aromatic nitrogens is 2. The smallest absolute Gasteiger partial charge is 0.0643 e. The van der Waals surface area contributed by atoms with Crippen molar-refractivity contribution in [3.05, 3.63) is 51.8 Å². The second kappa shape index (κ2) is 5.65. The van der Waals surface area contributed by atoms with Crippen molar-refractivity contribution in [3.8, 4) is 0 Å². The van der Waals surface area contributed by atoms with Gasteiger partial charge in [-0.25, -0.2) is 0 Å². The zero-order chi connectivity index (χ0) is 13.1. The van der Waals surface area contributed by atoms with E-state index in [0.29, 0.717) is 0 Å². The van der Waals surface area contributed by atoms with Crippen LogP contribution in [0.5, 0.6) is 0 Å². The standard InChI is InChI=1S/C13H17BrN4/c1-9-7-10(14)3-4-12(9)13(16-15)8-11-5-6-18(2)17-11/h3-7,13,16H,8,15H2,1-2H3. The minimum absolute atomic E-state index is 0.0769. The van der Waals surface area contributed by atoms with Crippen molar-refractivity contribution in [3.63, 3.8) is 0 Å². The molecule has 5 heteroatoms. The number of nitrogens with two attached hydrogens (primary N) is 1. The summed E-state index contributed by atoms with van der Waals surface area (Å²) in [5.41, 5.74) is 6.31. The molecule has 1 aromatic carbocycles. The Bertz CT molecular complexity index is 536. The average molecular weight is 309 g/mol. The molecule has 1 aromatic heterocycles. The molecular weight excluding hydrogens is 292 g/mol. The van der Waals surface area contributed by atoms with Gasteiger partial charge in [-0.05, 0) is 36.2 Å². The zero-order valence-electron chi connectivity index (χ0n) is 10.5. The summed E-state index contributed by atoms with van der Waals surface area (Å²) in [5, 5.41) is 4.38. The molecule has 0 spiro atoms. The largest absolute Gasteiger partial charge is 0.276 e. The van der Waals surface area contributed by atoms with Gasteiger partial charge in [-0.2, -0.15) is 5.10 Å². The van der Waals surface area contributed by atoms with Crippen LogP contribution in [0, 0.1) is 6.92 Å². The predicted molar refractivity (Wildman–Crippen MR) is 75.9 cm³/mol. The molecule has 0 aliphatic heterocycles. The lowest BCUT2D eigenvalue weighted by Crippen LogP contribution is -2.30. The van der Waals surface area contributed by atoms with Gasteiger partial charge in [-0.1, -0.05) is 22.0 Å². The number of nitrogens with one attached hydrogen (secondary N) is 1. The monoisotopic (exact) mass is 308 g/mol. The Hall–Kier alpha value is -1.17. The third kappa shape index (κ3) is 2.98. The van der Waals surface area contributed by atoms with Gasteiger partial charge in [0.2, 0.25) is 0 Å². The van der Waals surface area contributed by atoms with Crippen LogP contribution in [0.1, 0.15) is 22.9 Å². The Labute approximate surface area is 115 Å². The molecule has 1 heterocycles. The molecule has 18 heavy (non-hydrogen) atoms. The molecule has 3 N–H and O–H groups in total. The Morgan fingerprint density at radius 1 is 1.44 bits per heavy atom. The Balaban J connectivity index is 2.22. The van der Waals surface area contributed by atoms with Crippen molar-refractivity contribution in [2.24, 2.45) is 12.9 Å². The Morgan fingerprint density at radius 3 is 2.78 bits per heavy atom. The Morgan fingerprint density at radius 2 is 2.22 bits per heavy atom. The summed E-state index contributed by atoms with van der Waals surface area (Å²) in [6, 6.07) is 8.31. The third-order valence-corrected chi connectivity index (χ3v) is 3.48. The topological polar surface area (TPSA) is 55.9 Å². The first-order valence-corrected chi connectivity index (χ1v) is 6.60. The first-order chi connectivity index (χ1) is 8.60. The summed E-state index contributed by atoms with van der Waals surface area (Å²) >= 11 is 3.47. The van der Waals surface area contributed by atoms with Gasteiger partial charge in [0.05, 0.1) is 11.7 Å². The fraction of sp³-hybridized carbons (Fsp3) is 0.308. The van der Waals surface area contributed by atoms with Crippen LogP contribution in [0.15, 0.2) is 34.9 Å². The summed E-state index contributed by atoms with van der Waals surface area (Å²) < 4.78 is 2.88. The molecular formula is C13H17BrN4. The lowest BCUT2D eigenvalue weighted by atomic mass is 9.98. The number of halogens is 1. The second-order valence-corrected chi connectivity index (χ2v) is 5.32. The number of rotatable bonds is 4. The lowest BCUT2D eigenvalue weighted by molar-refractivity contribution is 0.539. The van der Waals surface area contributed by atoms with Crippen LogP contribution in [0.3, 0.4) is 0 Å². The molecule has 4 nitrogen and oxygen atoms in total. The number of hydrazine groups is 1. The van der Waals surface area contributed by atoms with Gasteiger partial charge in [-0.3, -0.25) is 16.0 Å². The summed E-state index contributed by atoms with van der Waals surface area (Å²) in [7, 11) is 1.92. The third-order valence-electron chi connectivity index (χ3n) is 2.99. The van der Waals surface area contributed by atoms with E-state index in [-0.39, 0.29) is 6.04 Å². The van der Waals surface area contributed by atoms with Crippen LogP contribution in [0.2, 0.25) is 0 Å². The molecule has 1 unspecified atom stereocenters. The predicted octanol–water partition coefficient (Wildman–Crippen LogP) is 2.24. The van der Waals surface area contributed by atoms with Gasteiger partial charge in [0.1, 0.15) is 0 Å². The van der Waals surface area contributed by atoms with Crippen molar-refractivity contribution in [2.75, 3.05) is 0 Å². The molecule has 0 saturated heterocycles. The van der Waals surface area contributed by atoms with Gasteiger partial charge < -0.3 is 0 Å². The molecule has 96 valence electrons. The van der Waals surface area contributed by atoms with E-state index >= 15 is 0 Å². The fourth-order valence-corrected chi connectivity index (χ4v) is 2.55. The number of nitrogens with zero attached hydrogens (tertiary/aromatic N) is 2. The summed E-state index contributed by atoms with van der Waals surface area (Å²) in [4.78, 5) is 0. The summed E-state index contributed by atoms with van der Waals surface area (Å²) in [6.07, 6.45) is 2.72. The molecule has 0 fully saturated rings. The summed E-state index contributed by atoms with van der Waals surface area (Å²) in [6.45, 7) is 2.09. The van der Waals surface area contributed by atoms with Crippen molar-refractivity contribution >= 4 is 15.9 Å². The molecule has 2 rings (SSSR count). The van der Waals surface area contributed by atoms with E-state index in [1.165, 1.54) is 11.1 Å². The minimum Gasteiger partial charge on any atom is -0.276 e. The molecule has 0 aliphatic carbocycles. The maximum Gasteiger partial charge on any atom is 0.0643 e. The highest BCUT2D eigenvalue weighted by atomic mass is 79.9. The lowest BCUT2D eigenvalue weighted by Gasteiger charge is -2.17. The molecule has 1 atom stereocenters. The molecule has 0 radical (unpaired) electrons. The van der Waals surface area contributed by atoms with E-state index in [2.05, 4.69) is 45.5 Å². The molecule has 0 amide bonds. The number of hydrogen-bond donors (Lipinski definition) is 2. The van der Waals surface area contributed by atoms with Crippen LogP contribution in [-0.4, -0.2) is 9.78 Å². The van der Waals surface area contributed by atoms with Gasteiger partial charge in [-0.15, -0.1) is 0 Å². The van der Waals surface area contributed by atoms with E-state index < -0.39 is 0 Å². The van der Waals surface area contributed by atoms with Crippen molar-refractivity contribution in [1.82, 2.24) is 15.2 Å². The van der Waals surface area contributed by atoms with Gasteiger partial charge in [0, 0.05) is 24.1 Å². The van der Waals surface area contributed by atoms with Crippen LogP contribution < -0.4 is 11.3 Å². The first kappa shape index (κ1) is 13.3. The van der Waals surface area contributed by atoms with E-state index in [1.807, 2.05) is 25.4 Å². The number of aryl methyl sites for hydroxylation is 2. The molecule has 0 saturated carbocycles. The van der Waals surface area contributed by atoms with Crippen LogP contribution in [0.25, 0.3) is 0 Å². The highest BCUT2D eigenvalue weighted by Crippen LogP contribution is 2.23. The van der Waals surface area contributed by atoms with Crippen molar-refractivity contribution in [2.45, 2.75) is 19.4 Å². The van der Waals surface area contributed by atoms with Crippen molar-refractivity contribution < 1.29 is 0 Å². The minimum atomic E-state index is 0.0769. The SMILES string of the molecule is Cc1cc(Br)ccc1C(Cc1ccn(C)n1)NN. The highest BCUT2D eigenvalue weighted by molar-refractivity contribution is 9.10. The van der Waals surface area contributed by atoms with Gasteiger partial charge in [0.25, 0.3) is 0 Å². The second-order valence-electron chi connectivity index (χ2n) is 4.41. The summed E-state index contributed by atoms with van der Waals surface area (Å²) in [5.74, 6) is 5.67. The van der Waals surface area contributed by atoms with Crippen LogP contribution in [-0.2, 0) is 13.5 Å². The maximum absolute atomic E-state index is 5.67. The van der Waals surface area contributed by atoms with E-state index in [9.17, 15) is 0 Å². The normalized spacial score (nSPS) is 12.7. The number of benzene rings is 1. The molecule has 0 bridgehead atoms. The Kier molecular flexibility index (Phi) is 4.16. The number of hydrogen-bond acceptors (Lipinski definition) is 3. The average Bonchev–Trinajstić information content (AvgIpc) is 2.72. The van der Waals surface area contributed by atoms with Crippen LogP contribution in [0.4, 0.5) is 0 Å². The zero-order valence-corrected chi connectivity index (χ0v) is 12.1. The first-order valence-electron chi connectivity index (χ1n) is 5.81. The highest BCUT2D eigenvalue weighted by Gasteiger charge is 2.14. The van der Waals surface area contributed by atoms with Crippen molar-refractivity contribution in [1.29, 1.82) is 0 Å². The van der Waals surface area contributed by atoms with E-state index in [1.54, 1.807) is 4.68 Å². The van der Waals surface area contributed by atoms with E-state index in [4.69, 9.17) is 5.84 Å². The van der Waals surface area contributed by atoms with Crippen LogP contribution >= 0.6 is 15.9 Å². The van der Waals surface area contributed by atoms with E-state index in [0.717, 1.165) is 16.6 Å².